The van der Waals surface area contributed by atoms with Gasteiger partial charge in [0.05, 0.1) is 22.2 Å². The van der Waals surface area contributed by atoms with Gasteiger partial charge in [0.2, 0.25) is 10.0 Å². The van der Waals surface area contributed by atoms with Crippen LogP contribution in [-0.2, 0) is 10.0 Å². The van der Waals surface area contributed by atoms with Crippen molar-refractivity contribution < 1.29 is 13.2 Å². The van der Waals surface area contributed by atoms with Crippen LogP contribution in [0.25, 0.3) is 0 Å². The third-order valence-corrected chi connectivity index (χ3v) is 7.10. The second-order valence-electron chi connectivity index (χ2n) is 7.55. The SMILES string of the molecule is CC1CC(C)CN(S(=O)(=O)c2cccc(C(=O)CNc3ccccc3Cl)c2)C1. The number of anilines is 1. The van der Waals surface area contributed by atoms with Crippen molar-refractivity contribution >= 4 is 33.1 Å². The molecule has 2 aromatic carbocycles. The van der Waals surface area contributed by atoms with Crippen LogP contribution < -0.4 is 5.32 Å². The summed E-state index contributed by atoms with van der Waals surface area (Å²) in [5, 5.41) is 3.53. The number of rotatable bonds is 6. The van der Waals surface area contributed by atoms with Crippen molar-refractivity contribution in [1.29, 1.82) is 0 Å². The molecule has 1 heterocycles. The molecule has 5 nitrogen and oxygen atoms in total. The number of nitrogens with one attached hydrogen (secondary N) is 1. The summed E-state index contributed by atoms with van der Waals surface area (Å²) in [7, 11) is -3.62. The van der Waals surface area contributed by atoms with Crippen molar-refractivity contribution in [2.24, 2.45) is 11.8 Å². The van der Waals surface area contributed by atoms with Gasteiger partial charge in [0.1, 0.15) is 0 Å². The minimum absolute atomic E-state index is 0.0328. The molecule has 1 aliphatic rings. The van der Waals surface area contributed by atoms with E-state index in [1.54, 1.807) is 30.3 Å². The Bertz CT molecular complexity index is 952. The summed E-state index contributed by atoms with van der Waals surface area (Å²) in [6, 6.07) is 13.4. The Morgan fingerprint density at radius 3 is 2.46 bits per heavy atom. The predicted molar refractivity (Wildman–Crippen MR) is 112 cm³/mol. The highest BCUT2D eigenvalue weighted by molar-refractivity contribution is 7.89. The number of ketones is 1. The average Bonchev–Trinajstić information content (AvgIpc) is 2.66. The molecule has 2 atom stereocenters. The van der Waals surface area contributed by atoms with Crippen molar-refractivity contribution in [3.63, 3.8) is 0 Å². The van der Waals surface area contributed by atoms with Gasteiger partial charge in [-0.1, -0.05) is 49.7 Å². The zero-order valence-corrected chi connectivity index (χ0v) is 17.6. The van der Waals surface area contributed by atoms with E-state index in [1.807, 2.05) is 12.1 Å². The molecule has 3 rings (SSSR count). The molecule has 150 valence electrons. The molecule has 0 saturated carbocycles. The van der Waals surface area contributed by atoms with E-state index in [-0.39, 0.29) is 17.2 Å². The maximum Gasteiger partial charge on any atom is 0.243 e. The van der Waals surface area contributed by atoms with Crippen LogP contribution in [0, 0.1) is 11.8 Å². The monoisotopic (exact) mass is 420 g/mol. The first-order valence-corrected chi connectivity index (χ1v) is 11.2. The van der Waals surface area contributed by atoms with Gasteiger partial charge in [-0.2, -0.15) is 4.31 Å². The maximum atomic E-state index is 13.1. The van der Waals surface area contributed by atoms with Crippen molar-refractivity contribution in [2.45, 2.75) is 25.2 Å². The molecule has 1 aliphatic heterocycles. The Morgan fingerprint density at radius 2 is 1.79 bits per heavy atom. The summed E-state index contributed by atoms with van der Waals surface area (Å²) in [6.07, 6.45) is 1.03. The van der Waals surface area contributed by atoms with E-state index in [0.29, 0.717) is 41.2 Å². The van der Waals surface area contributed by atoms with Gasteiger partial charge in [0.15, 0.2) is 5.78 Å². The zero-order chi connectivity index (χ0) is 20.3. The molecule has 0 spiro atoms. The fourth-order valence-corrected chi connectivity index (χ4v) is 5.59. The number of carbonyl (C=O) groups is 1. The van der Waals surface area contributed by atoms with E-state index < -0.39 is 10.0 Å². The molecule has 0 aliphatic carbocycles. The molecule has 1 N–H and O–H groups in total. The summed E-state index contributed by atoms with van der Waals surface area (Å²) in [5.74, 6) is 0.448. The van der Waals surface area contributed by atoms with E-state index in [1.165, 1.54) is 10.4 Å². The van der Waals surface area contributed by atoms with Gasteiger partial charge in [-0.05, 0) is 42.5 Å². The summed E-state index contributed by atoms with van der Waals surface area (Å²) >= 11 is 6.09. The van der Waals surface area contributed by atoms with Gasteiger partial charge in [-0.3, -0.25) is 4.79 Å². The summed E-state index contributed by atoms with van der Waals surface area (Å²) in [5.41, 5.74) is 1.02. The van der Waals surface area contributed by atoms with Crippen LogP contribution in [0.4, 0.5) is 5.69 Å². The highest BCUT2D eigenvalue weighted by Gasteiger charge is 2.31. The molecule has 2 aromatic rings. The lowest BCUT2D eigenvalue weighted by molar-refractivity contribution is 0.101. The molecule has 0 aromatic heterocycles. The lowest BCUT2D eigenvalue weighted by atomic mass is 9.94. The normalized spacial score (nSPS) is 20.7. The number of sulfonamides is 1. The molecule has 1 saturated heterocycles. The molecule has 0 bridgehead atoms. The number of nitrogens with zero attached hydrogens (tertiary/aromatic N) is 1. The number of halogens is 1. The highest BCUT2D eigenvalue weighted by atomic mass is 35.5. The zero-order valence-electron chi connectivity index (χ0n) is 16.1. The van der Waals surface area contributed by atoms with Crippen LogP contribution in [0.15, 0.2) is 53.4 Å². The first-order chi connectivity index (χ1) is 13.3. The first-order valence-electron chi connectivity index (χ1n) is 9.39. The number of Topliss-reactive ketones (excluding diaryl/α,β-unsaturated/α-hetero) is 1. The Balaban J connectivity index is 1.76. The minimum Gasteiger partial charge on any atom is -0.376 e. The van der Waals surface area contributed by atoms with Crippen molar-refractivity contribution in [3.8, 4) is 0 Å². The van der Waals surface area contributed by atoms with Gasteiger partial charge in [-0.25, -0.2) is 8.42 Å². The highest BCUT2D eigenvalue weighted by Crippen LogP contribution is 2.27. The fraction of sp³-hybridized carbons (Fsp3) is 0.381. The minimum atomic E-state index is -3.62. The van der Waals surface area contributed by atoms with Crippen molar-refractivity contribution in [2.75, 3.05) is 25.0 Å². The maximum absolute atomic E-state index is 13.1. The van der Waals surface area contributed by atoms with E-state index in [2.05, 4.69) is 19.2 Å². The van der Waals surface area contributed by atoms with Crippen LogP contribution >= 0.6 is 11.6 Å². The number of hydrogen-bond donors (Lipinski definition) is 1. The van der Waals surface area contributed by atoms with E-state index in [0.717, 1.165) is 6.42 Å². The fourth-order valence-electron chi connectivity index (χ4n) is 3.66. The molecular weight excluding hydrogens is 396 g/mol. The van der Waals surface area contributed by atoms with Gasteiger partial charge in [-0.15, -0.1) is 0 Å². The molecule has 28 heavy (non-hydrogen) atoms. The first kappa shape index (κ1) is 20.8. The third-order valence-electron chi connectivity index (χ3n) is 4.94. The van der Waals surface area contributed by atoms with Gasteiger partial charge in [0, 0.05) is 18.7 Å². The van der Waals surface area contributed by atoms with E-state index >= 15 is 0 Å². The van der Waals surface area contributed by atoms with Gasteiger partial charge < -0.3 is 5.32 Å². The predicted octanol–water partition coefficient (Wildman–Crippen LogP) is 4.30. The number of piperidine rings is 1. The Hall–Kier alpha value is -1.89. The van der Waals surface area contributed by atoms with Crippen LogP contribution in [0.2, 0.25) is 5.02 Å². The number of carbonyl (C=O) groups excluding carboxylic acids is 1. The summed E-state index contributed by atoms with van der Waals surface area (Å²) < 4.78 is 27.7. The Labute approximate surface area is 171 Å². The van der Waals surface area contributed by atoms with Gasteiger partial charge >= 0.3 is 0 Å². The smallest absolute Gasteiger partial charge is 0.243 e. The lowest BCUT2D eigenvalue weighted by Gasteiger charge is -2.34. The average molecular weight is 421 g/mol. The quantitative estimate of drug-likeness (QED) is 0.707. The number of hydrogen-bond acceptors (Lipinski definition) is 4. The molecule has 1 fully saturated rings. The number of benzene rings is 2. The van der Waals surface area contributed by atoms with Crippen LogP contribution in [-0.4, -0.2) is 38.1 Å². The Kier molecular flexibility index (Phi) is 6.43. The standard InChI is InChI=1S/C21H25ClN2O3S/c1-15-10-16(2)14-24(13-15)28(26,27)18-7-5-6-17(11-18)21(25)12-23-20-9-4-3-8-19(20)22/h3-9,11,15-16,23H,10,12-14H2,1-2H3. The summed E-state index contributed by atoms with van der Waals surface area (Å²) in [4.78, 5) is 12.7. The lowest BCUT2D eigenvalue weighted by Crippen LogP contribution is -2.42. The van der Waals surface area contributed by atoms with Gasteiger partial charge in [0.25, 0.3) is 0 Å². The third kappa shape index (κ3) is 4.74. The van der Waals surface area contributed by atoms with Crippen LogP contribution in [0.1, 0.15) is 30.6 Å². The Morgan fingerprint density at radius 1 is 1.11 bits per heavy atom. The topological polar surface area (TPSA) is 66.5 Å². The van der Waals surface area contributed by atoms with E-state index in [4.69, 9.17) is 11.6 Å². The van der Waals surface area contributed by atoms with Crippen LogP contribution in [0.3, 0.4) is 0 Å². The molecule has 2 unspecified atom stereocenters. The number of para-hydroxylation sites is 1. The van der Waals surface area contributed by atoms with E-state index in [9.17, 15) is 13.2 Å². The summed E-state index contributed by atoms with van der Waals surface area (Å²) in [6.45, 7) is 5.19. The second-order valence-corrected chi connectivity index (χ2v) is 9.90. The molecule has 7 heteroatoms. The second kappa shape index (κ2) is 8.64. The largest absolute Gasteiger partial charge is 0.376 e. The molecule has 0 amide bonds. The van der Waals surface area contributed by atoms with Crippen LogP contribution in [0.5, 0.6) is 0 Å². The molecular formula is C21H25ClN2O3S. The van der Waals surface area contributed by atoms with Crippen molar-refractivity contribution in [1.82, 2.24) is 4.31 Å². The van der Waals surface area contributed by atoms with Crippen molar-refractivity contribution in [3.05, 3.63) is 59.1 Å². The molecule has 0 radical (unpaired) electrons.